The van der Waals surface area contributed by atoms with Crippen molar-refractivity contribution < 1.29 is 4.79 Å². The van der Waals surface area contributed by atoms with E-state index < -0.39 is 5.54 Å². The SMILES string of the molecule is Cc1nn(C)c2nc(-c3ccccn3)nc(NC3(C(N)=O)CCCC3)c12. The van der Waals surface area contributed by atoms with Crippen LogP contribution in [0, 0.1) is 6.92 Å². The van der Waals surface area contributed by atoms with E-state index in [1.807, 2.05) is 32.2 Å². The van der Waals surface area contributed by atoms with Gasteiger partial charge in [-0.15, -0.1) is 0 Å². The molecule has 0 saturated heterocycles. The van der Waals surface area contributed by atoms with Gasteiger partial charge in [-0.3, -0.25) is 14.5 Å². The molecule has 3 aromatic heterocycles. The molecule has 1 aliphatic carbocycles. The Morgan fingerprint density at radius 2 is 2.04 bits per heavy atom. The monoisotopic (exact) mass is 351 g/mol. The minimum atomic E-state index is -0.773. The largest absolute Gasteiger partial charge is 0.368 e. The van der Waals surface area contributed by atoms with E-state index in [0.29, 0.717) is 35.8 Å². The maximum absolute atomic E-state index is 12.2. The summed E-state index contributed by atoms with van der Waals surface area (Å²) >= 11 is 0. The van der Waals surface area contributed by atoms with E-state index in [9.17, 15) is 4.79 Å². The Morgan fingerprint density at radius 1 is 1.27 bits per heavy atom. The van der Waals surface area contributed by atoms with E-state index in [4.69, 9.17) is 10.7 Å². The normalized spacial score (nSPS) is 16.1. The lowest BCUT2D eigenvalue weighted by Gasteiger charge is -2.27. The van der Waals surface area contributed by atoms with Crippen molar-refractivity contribution in [3.05, 3.63) is 30.1 Å². The Kier molecular flexibility index (Phi) is 3.82. The highest BCUT2D eigenvalue weighted by Crippen LogP contribution is 2.35. The maximum atomic E-state index is 12.2. The quantitative estimate of drug-likeness (QED) is 0.743. The molecule has 0 aromatic carbocycles. The number of aryl methyl sites for hydroxylation is 2. The molecule has 0 bridgehead atoms. The van der Waals surface area contributed by atoms with Crippen LogP contribution in [0.25, 0.3) is 22.6 Å². The molecule has 134 valence electrons. The lowest BCUT2D eigenvalue weighted by molar-refractivity contribution is -0.122. The van der Waals surface area contributed by atoms with Crippen molar-refractivity contribution in [2.24, 2.45) is 12.8 Å². The van der Waals surface area contributed by atoms with Gasteiger partial charge in [0.1, 0.15) is 17.1 Å². The molecule has 0 spiro atoms. The molecular weight excluding hydrogens is 330 g/mol. The van der Waals surface area contributed by atoms with Gasteiger partial charge >= 0.3 is 0 Å². The van der Waals surface area contributed by atoms with E-state index in [-0.39, 0.29) is 5.91 Å². The molecule has 3 heterocycles. The second-order valence-corrected chi connectivity index (χ2v) is 6.80. The minimum Gasteiger partial charge on any atom is -0.368 e. The highest BCUT2D eigenvalue weighted by Gasteiger charge is 2.40. The molecule has 1 aliphatic rings. The van der Waals surface area contributed by atoms with Crippen molar-refractivity contribution in [2.75, 3.05) is 5.32 Å². The fourth-order valence-electron chi connectivity index (χ4n) is 3.68. The first-order valence-corrected chi connectivity index (χ1v) is 8.71. The first-order valence-electron chi connectivity index (χ1n) is 8.71. The van der Waals surface area contributed by atoms with Crippen LogP contribution < -0.4 is 11.1 Å². The highest BCUT2D eigenvalue weighted by molar-refractivity contribution is 5.95. The fraction of sp³-hybridized carbons (Fsp3) is 0.389. The number of nitrogens with zero attached hydrogens (tertiary/aromatic N) is 5. The minimum absolute atomic E-state index is 0.345. The van der Waals surface area contributed by atoms with Crippen LogP contribution in [0.5, 0.6) is 0 Å². The number of carbonyl (C=O) groups is 1. The van der Waals surface area contributed by atoms with Crippen LogP contribution in [-0.2, 0) is 11.8 Å². The molecule has 0 aliphatic heterocycles. The lowest BCUT2D eigenvalue weighted by Crippen LogP contribution is -2.48. The zero-order chi connectivity index (χ0) is 18.3. The first-order chi connectivity index (χ1) is 12.5. The summed E-state index contributed by atoms with van der Waals surface area (Å²) in [6.45, 7) is 1.91. The number of fused-ring (bicyclic) bond motifs is 1. The predicted molar refractivity (Wildman–Crippen MR) is 98.3 cm³/mol. The number of anilines is 1. The summed E-state index contributed by atoms with van der Waals surface area (Å²) in [6, 6.07) is 5.59. The van der Waals surface area contributed by atoms with Crippen LogP contribution >= 0.6 is 0 Å². The number of pyridine rings is 1. The van der Waals surface area contributed by atoms with Crippen LogP contribution in [0.1, 0.15) is 31.4 Å². The zero-order valence-electron chi connectivity index (χ0n) is 14.9. The number of aromatic nitrogens is 5. The van der Waals surface area contributed by atoms with Gasteiger partial charge in [-0.2, -0.15) is 5.10 Å². The predicted octanol–water partition coefficient (Wildman–Crippen LogP) is 1.94. The molecule has 1 saturated carbocycles. The van der Waals surface area contributed by atoms with Crippen LogP contribution in [0.3, 0.4) is 0 Å². The number of rotatable bonds is 4. The van der Waals surface area contributed by atoms with E-state index in [1.165, 1.54) is 0 Å². The number of hydrogen-bond acceptors (Lipinski definition) is 6. The molecule has 0 atom stereocenters. The topological polar surface area (TPSA) is 112 Å². The van der Waals surface area contributed by atoms with Crippen LogP contribution in [0.15, 0.2) is 24.4 Å². The average Bonchev–Trinajstić information content (AvgIpc) is 3.22. The van der Waals surface area contributed by atoms with Crippen LogP contribution in [0.2, 0.25) is 0 Å². The summed E-state index contributed by atoms with van der Waals surface area (Å²) < 4.78 is 1.72. The number of hydrogen-bond donors (Lipinski definition) is 2. The number of carbonyl (C=O) groups excluding carboxylic acids is 1. The third-order valence-electron chi connectivity index (χ3n) is 5.04. The molecule has 26 heavy (non-hydrogen) atoms. The smallest absolute Gasteiger partial charge is 0.243 e. The number of nitrogens with one attached hydrogen (secondary N) is 1. The third-order valence-corrected chi connectivity index (χ3v) is 5.04. The van der Waals surface area contributed by atoms with Crippen molar-refractivity contribution in [3.8, 4) is 11.5 Å². The molecule has 3 aromatic rings. The molecule has 3 N–H and O–H groups in total. The highest BCUT2D eigenvalue weighted by atomic mass is 16.1. The van der Waals surface area contributed by atoms with E-state index in [1.54, 1.807) is 10.9 Å². The number of nitrogens with two attached hydrogens (primary N) is 1. The zero-order valence-corrected chi connectivity index (χ0v) is 14.9. The van der Waals surface area contributed by atoms with Gasteiger partial charge in [-0.1, -0.05) is 18.9 Å². The van der Waals surface area contributed by atoms with Gasteiger partial charge in [0.2, 0.25) is 5.91 Å². The van der Waals surface area contributed by atoms with Gasteiger partial charge in [-0.25, -0.2) is 9.97 Å². The van der Waals surface area contributed by atoms with Gasteiger partial charge in [0.15, 0.2) is 11.5 Å². The molecule has 0 radical (unpaired) electrons. The van der Waals surface area contributed by atoms with Crippen molar-refractivity contribution >= 4 is 22.8 Å². The van der Waals surface area contributed by atoms with Crippen molar-refractivity contribution in [1.29, 1.82) is 0 Å². The van der Waals surface area contributed by atoms with Crippen LogP contribution in [0.4, 0.5) is 5.82 Å². The summed E-state index contributed by atoms with van der Waals surface area (Å²) in [7, 11) is 1.84. The fourth-order valence-corrected chi connectivity index (χ4v) is 3.68. The summed E-state index contributed by atoms with van der Waals surface area (Å²) in [6.07, 6.45) is 5.02. The molecular formula is C18H21N7O. The van der Waals surface area contributed by atoms with Gasteiger partial charge in [0, 0.05) is 13.2 Å². The number of amides is 1. The van der Waals surface area contributed by atoms with E-state index >= 15 is 0 Å². The van der Waals surface area contributed by atoms with Gasteiger partial charge < -0.3 is 11.1 Å². The summed E-state index contributed by atoms with van der Waals surface area (Å²) in [5.74, 6) is 0.728. The Hall–Kier alpha value is -3.03. The van der Waals surface area contributed by atoms with Gasteiger partial charge in [0.25, 0.3) is 0 Å². The molecule has 1 amide bonds. The Morgan fingerprint density at radius 3 is 2.69 bits per heavy atom. The van der Waals surface area contributed by atoms with Gasteiger partial charge in [-0.05, 0) is 31.9 Å². The Labute approximate surface area is 150 Å². The summed E-state index contributed by atoms with van der Waals surface area (Å²) in [4.78, 5) is 25.9. The second kappa shape index (κ2) is 6.05. The van der Waals surface area contributed by atoms with E-state index in [0.717, 1.165) is 23.9 Å². The molecule has 8 heteroatoms. The lowest BCUT2D eigenvalue weighted by atomic mass is 9.96. The standard InChI is InChI=1S/C18H21N7O/c1-11-13-15(23-18(17(19)26)8-4-5-9-18)21-14(12-7-3-6-10-20-12)22-16(13)25(2)24-11/h3,6-7,10H,4-5,8-9H2,1-2H3,(H2,19,26)(H,21,22,23). The van der Waals surface area contributed by atoms with E-state index in [2.05, 4.69) is 20.4 Å². The second-order valence-electron chi connectivity index (χ2n) is 6.80. The number of primary amides is 1. The average molecular weight is 351 g/mol. The molecule has 8 nitrogen and oxygen atoms in total. The summed E-state index contributed by atoms with van der Waals surface area (Å²) in [5.41, 5.74) is 7.12. The summed E-state index contributed by atoms with van der Waals surface area (Å²) in [5, 5.41) is 8.63. The van der Waals surface area contributed by atoms with Crippen molar-refractivity contribution in [1.82, 2.24) is 24.7 Å². The first kappa shape index (κ1) is 16.4. The van der Waals surface area contributed by atoms with Gasteiger partial charge in [0.05, 0.1) is 11.1 Å². The third kappa shape index (κ3) is 2.58. The van der Waals surface area contributed by atoms with Crippen molar-refractivity contribution in [3.63, 3.8) is 0 Å². The Balaban J connectivity index is 1.91. The molecule has 1 fully saturated rings. The Bertz CT molecular complexity index is 974. The van der Waals surface area contributed by atoms with Crippen molar-refractivity contribution in [2.45, 2.75) is 38.1 Å². The molecule has 0 unspecified atom stereocenters. The molecule has 4 rings (SSSR count). The maximum Gasteiger partial charge on any atom is 0.243 e. The van der Waals surface area contributed by atoms with Crippen LogP contribution in [-0.4, -0.2) is 36.2 Å².